The van der Waals surface area contributed by atoms with Gasteiger partial charge in [-0.2, -0.15) is 0 Å². The number of methoxy groups -OCH3 is 1. The van der Waals surface area contributed by atoms with Crippen LogP contribution in [-0.4, -0.2) is 36.0 Å². The molecule has 1 fully saturated rings. The molecule has 0 aromatic carbocycles. The largest absolute Gasteiger partial charge is 0.481 e. The number of likely N-dealkylation sites (tertiary alicyclic amines) is 1. The van der Waals surface area contributed by atoms with E-state index in [1.165, 1.54) is 25.7 Å². The van der Waals surface area contributed by atoms with Gasteiger partial charge in [0.15, 0.2) is 5.96 Å². The fourth-order valence-corrected chi connectivity index (χ4v) is 2.22. The van der Waals surface area contributed by atoms with Crippen molar-refractivity contribution in [2.75, 3.05) is 20.2 Å². The maximum atomic E-state index is 6.05. The molecule has 2 N–H and O–H groups in total. The van der Waals surface area contributed by atoms with Crippen LogP contribution in [0.15, 0.2) is 23.2 Å². The van der Waals surface area contributed by atoms with Crippen LogP contribution in [0.5, 0.6) is 5.88 Å². The van der Waals surface area contributed by atoms with E-state index in [0.29, 0.717) is 18.4 Å². The summed E-state index contributed by atoms with van der Waals surface area (Å²) in [6, 6.07) is 5.67. The van der Waals surface area contributed by atoms with Crippen LogP contribution < -0.4 is 10.5 Å². The second-order valence-corrected chi connectivity index (χ2v) is 4.75. The van der Waals surface area contributed by atoms with Gasteiger partial charge in [0.2, 0.25) is 5.88 Å². The third-order valence-corrected chi connectivity index (χ3v) is 3.32. The second kappa shape index (κ2) is 8.99. The number of hydrogen-bond acceptors (Lipinski definition) is 3. The number of nitrogens with zero attached hydrogens (tertiary/aromatic N) is 3. The maximum Gasteiger partial charge on any atom is 0.213 e. The lowest BCUT2D eigenvalue weighted by Gasteiger charge is -2.21. The van der Waals surface area contributed by atoms with E-state index >= 15 is 0 Å². The molecule has 0 radical (unpaired) electrons. The molecule has 2 heterocycles. The number of guanidine groups is 1. The van der Waals surface area contributed by atoms with Crippen LogP contribution in [0, 0.1) is 0 Å². The number of nitrogens with two attached hydrogens (primary N) is 1. The zero-order valence-electron chi connectivity index (χ0n) is 11.9. The number of aromatic nitrogens is 1. The van der Waals surface area contributed by atoms with Gasteiger partial charge in [0.25, 0.3) is 0 Å². The predicted molar refractivity (Wildman–Crippen MR) is 91.6 cm³/mol. The van der Waals surface area contributed by atoms with Crippen LogP contribution >= 0.6 is 24.0 Å². The highest BCUT2D eigenvalue weighted by molar-refractivity contribution is 14.0. The van der Waals surface area contributed by atoms with Crippen LogP contribution in [0.1, 0.15) is 31.4 Å². The zero-order valence-corrected chi connectivity index (χ0v) is 14.2. The third-order valence-electron chi connectivity index (χ3n) is 3.32. The standard InChI is InChI=1S/C14H22N4O.HI/c1-19-13-8-6-7-12(17-13)11-16-14(15)18-9-4-2-3-5-10-18;/h6-8H,2-5,9-11H2,1H3,(H2,15,16);1H. The minimum Gasteiger partial charge on any atom is -0.481 e. The van der Waals surface area contributed by atoms with Gasteiger partial charge in [-0.25, -0.2) is 9.98 Å². The topological polar surface area (TPSA) is 63.7 Å². The Morgan fingerprint density at radius 1 is 1.30 bits per heavy atom. The molecule has 20 heavy (non-hydrogen) atoms. The monoisotopic (exact) mass is 390 g/mol. The van der Waals surface area contributed by atoms with Crippen molar-refractivity contribution in [3.8, 4) is 5.88 Å². The molecule has 0 amide bonds. The Kier molecular flexibility index (Phi) is 7.64. The Hall–Kier alpha value is -1.05. The molecule has 1 aromatic heterocycles. The van der Waals surface area contributed by atoms with Crippen molar-refractivity contribution in [1.29, 1.82) is 0 Å². The average Bonchev–Trinajstić information content (AvgIpc) is 2.74. The SMILES string of the molecule is COc1cccc(CN=C(N)N2CCCCCC2)n1.I. The van der Waals surface area contributed by atoms with Crippen molar-refractivity contribution in [3.05, 3.63) is 23.9 Å². The van der Waals surface area contributed by atoms with Gasteiger partial charge in [-0.1, -0.05) is 18.9 Å². The molecular formula is C14H23IN4O. The van der Waals surface area contributed by atoms with Gasteiger partial charge in [-0.3, -0.25) is 0 Å². The first-order chi connectivity index (χ1) is 9.29. The number of pyridine rings is 1. The molecule has 0 aliphatic carbocycles. The summed E-state index contributed by atoms with van der Waals surface area (Å²) in [4.78, 5) is 10.9. The van der Waals surface area contributed by atoms with Crippen LogP contribution in [0.2, 0.25) is 0 Å². The van der Waals surface area contributed by atoms with E-state index in [4.69, 9.17) is 10.5 Å². The number of hydrogen-bond donors (Lipinski definition) is 1. The van der Waals surface area contributed by atoms with E-state index in [-0.39, 0.29) is 24.0 Å². The Bertz CT molecular complexity index is 431. The van der Waals surface area contributed by atoms with Crippen LogP contribution in [0.3, 0.4) is 0 Å². The predicted octanol–water partition coefficient (Wildman–Crippen LogP) is 2.40. The normalized spacial score (nSPS) is 16.2. The van der Waals surface area contributed by atoms with Gasteiger partial charge in [0, 0.05) is 19.2 Å². The fourth-order valence-electron chi connectivity index (χ4n) is 2.22. The highest BCUT2D eigenvalue weighted by Gasteiger charge is 2.10. The lowest BCUT2D eigenvalue weighted by atomic mass is 10.2. The van der Waals surface area contributed by atoms with Crippen LogP contribution in [-0.2, 0) is 6.54 Å². The van der Waals surface area contributed by atoms with E-state index in [1.807, 2.05) is 18.2 Å². The summed E-state index contributed by atoms with van der Waals surface area (Å²) in [5.74, 6) is 1.24. The summed E-state index contributed by atoms with van der Waals surface area (Å²) in [7, 11) is 1.61. The third kappa shape index (κ3) is 5.15. The van der Waals surface area contributed by atoms with Crippen molar-refractivity contribution in [2.45, 2.75) is 32.2 Å². The molecule has 1 aromatic rings. The molecule has 0 atom stereocenters. The van der Waals surface area contributed by atoms with E-state index in [9.17, 15) is 0 Å². The van der Waals surface area contributed by atoms with E-state index in [2.05, 4.69) is 14.9 Å². The van der Waals surface area contributed by atoms with Crippen LogP contribution in [0.4, 0.5) is 0 Å². The summed E-state index contributed by atoms with van der Waals surface area (Å²) in [5.41, 5.74) is 6.93. The lowest BCUT2D eigenvalue weighted by molar-refractivity contribution is 0.396. The first kappa shape index (κ1) is 17.0. The summed E-state index contributed by atoms with van der Waals surface area (Å²) >= 11 is 0. The summed E-state index contributed by atoms with van der Waals surface area (Å²) < 4.78 is 5.09. The molecule has 0 bridgehead atoms. The van der Waals surface area contributed by atoms with Crippen LogP contribution in [0.25, 0.3) is 0 Å². The van der Waals surface area contributed by atoms with Crippen molar-refractivity contribution in [2.24, 2.45) is 10.7 Å². The summed E-state index contributed by atoms with van der Waals surface area (Å²) in [6.45, 7) is 2.53. The molecule has 2 rings (SSSR count). The van der Waals surface area contributed by atoms with Gasteiger partial charge in [-0.05, 0) is 18.9 Å². The molecular weight excluding hydrogens is 367 g/mol. The Labute approximate surface area is 137 Å². The molecule has 1 saturated heterocycles. The van der Waals surface area contributed by atoms with Crippen molar-refractivity contribution < 1.29 is 4.74 Å². The Morgan fingerprint density at radius 2 is 2.00 bits per heavy atom. The molecule has 5 nitrogen and oxygen atoms in total. The highest BCUT2D eigenvalue weighted by Crippen LogP contribution is 2.10. The summed E-state index contributed by atoms with van der Waals surface area (Å²) in [5, 5.41) is 0. The van der Waals surface area contributed by atoms with Crippen molar-refractivity contribution in [3.63, 3.8) is 0 Å². The smallest absolute Gasteiger partial charge is 0.213 e. The lowest BCUT2D eigenvalue weighted by Crippen LogP contribution is -2.38. The minimum absolute atomic E-state index is 0. The van der Waals surface area contributed by atoms with Gasteiger partial charge >= 0.3 is 0 Å². The molecule has 0 unspecified atom stereocenters. The average molecular weight is 390 g/mol. The summed E-state index contributed by atoms with van der Waals surface area (Å²) in [6.07, 6.45) is 4.99. The molecule has 1 aliphatic rings. The van der Waals surface area contributed by atoms with Gasteiger partial charge < -0.3 is 15.4 Å². The minimum atomic E-state index is 0. The highest BCUT2D eigenvalue weighted by atomic mass is 127. The number of aliphatic imine (C=N–C) groups is 1. The fraction of sp³-hybridized carbons (Fsp3) is 0.571. The van der Waals surface area contributed by atoms with Gasteiger partial charge in [0.05, 0.1) is 19.3 Å². The van der Waals surface area contributed by atoms with Gasteiger partial charge in [0.1, 0.15) is 0 Å². The second-order valence-electron chi connectivity index (χ2n) is 4.75. The number of halogens is 1. The molecule has 112 valence electrons. The quantitative estimate of drug-likeness (QED) is 0.489. The first-order valence-corrected chi connectivity index (χ1v) is 6.84. The molecule has 0 spiro atoms. The van der Waals surface area contributed by atoms with Gasteiger partial charge in [-0.15, -0.1) is 24.0 Å². The maximum absolute atomic E-state index is 6.05. The van der Waals surface area contributed by atoms with E-state index < -0.39 is 0 Å². The zero-order chi connectivity index (χ0) is 13.5. The first-order valence-electron chi connectivity index (χ1n) is 6.84. The molecule has 6 heteroatoms. The Balaban J connectivity index is 0.00000200. The van der Waals surface area contributed by atoms with E-state index in [1.54, 1.807) is 7.11 Å². The molecule has 0 saturated carbocycles. The van der Waals surface area contributed by atoms with Crippen molar-refractivity contribution in [1.82, 2.24) is 9.88 Å². The number of rotatable bonds is 3. The number of ether oxygens (including phenoxy) is 1. The molecule has 1 aliphatic heterocycles. The van der Waals surface area contributed by atoms with E-state index in [0.717, 1.165) is 18.8 Å². The Morgan fingerprint density at radius 3 is 2.65 bits per heavy atom. The van der Waals surface area contributed by atoms with Crippen molar-refractivity contribution >= 4 is 29.9 Å².